The maximum absolute atomic E-state index is 7.24. The van der Waals surface area contributed by atoms with Gasteiger partial charge in [-0.15, -0.1) is 0 Å². The van der Waals surface area contributed by atoms with Crippen LogP contribution in [-0.2, 0) is 10.8 Å². The van der Waals surface area contributed by atoms with Gasteiger partial charge in [0, 0.05) is 55.0 Å². The summed E-state index contributed by atoms with van der Waals surface area (Å²) in [5, 5.41) is 17.1. The first kappa shape index (κ1) is 39.7. The Kier molecular flexibility index (Phi) is 7.51. The number of benzene rings is 11. The molecule has 0 spiro atoms. The number of para-hydroxylation sites is 3. The van der Waals surface area contributed by atoms with Gasteiger partial charge in [0.25, 0.3) is 0 Å². The molecular weight excluding hydrogens is 862 g/mol. The molecule has 2 aliphatic heterocycles. The zero-order valence-electron chi connectivity index (χ0n) is 40.7. The molecule has 0 amide bonds. The lowest BCUT2D eigenvalue weighted by Crippen LogP contribution is -2.57. The summed E-state index contributed by atoms with van der Waals surface area (Å²) >= 11 is 0. The van der Waals surface area contributed by atoms with Gasteiger partial charge in [-0.25, -0.2) is 0 Å². The smallest absolute Gasteiger partial charge is 0.329 e. The Labute approximate surface area is 411 Å². The van der Waals surface area contributed by atoms with E-state index in [0.717, 1.165) is 49.3 Å². The maximum atomic E-state index is 7.24. The van der Waals surface area contributed by atoms with E-state index in [-0.39, 0.29) is 23.6 Å². The van der Waals surface area contributed by atoms with Crippen molar-refractivity contribution >= 4 is 127 Å². The number of furan rings is 2. The second-order valence-electron chi connectivity index (χ2n) is 22.7. The van der Waals surface area contributed by atoms with E-state index < -0.39 is 0 Å². The molecule has 0 N–H and O–H groups in total. The topological polar surface area (TPSA) is 31.2 Å². The van der Waals surface area contributed by atoms with Crippen molar-refractivity contribution in [3.63, 3.8) is 0 Å². The molecule has 71 heavy (non-hydrogen) atoms. The SMILES string of the molecule is CC(C)(C)c1cc(C2c3cc4cc5c6ccccc6c6ccccc6c5cc4cc3B3c4c2cc2c(oc5ccccc52)c4-c2cc4c5ccccc5oc4c4c5ccccc5n3c24)cc(C(C)(C)C)c1. The number of hydrogen-bond acceptors (Lipinski definition) is 2. The van der Waals surface area contributed by atoms with Crippen molar-refractivity contribution in [1.29, 1.82) is 0 Å². The average molecular weight is 910 g/mol. The van der Waals surface area contributed by atoms with Crippen LogP contribution in [0.3, 0.4) is 0 Å². The fourth-order valence-corrected chi connectivity index (χ4v) is 13.4. The minimum atomic E-state index is -0.165. The summed E-state index contributed by atoms with van der Waals surface area (Å²) < 4.78 is 16.9. The molecule has 3 nitrogen and oxygen atoms in total. The van der Waals surface area contributed by atoms with Gasteiger partial charge in [-0.05, 0) is 135 Å². The third-order valence-electron chi connectivity index (χ3n) is 16.7. The molecule has 5 heterocycles. The van der Waals surface area contributed by atoms with Gasteiger partial charge < -0.3 is 13.3 Å². The Morgan fingerprint density at radius 1 is 0.437 bits per heavy atom. The highest BCUT2D eigenvalue weighted by atomic mass is 16.3. The van der Waals surface area contributed by atoms with Crippen molar-refractivity contribution in [2.45, 2.75) is 58.3 Å². The van der Waals surface area contributed by atoms with Gasteiger partial charge in [0.05, 0.1) is 5.39 Å². The van der Waals surface area contributed by atoms with Crippen LogP contribution in [0.2, 0.25) is 0 Å². The molecule has 14 aromatic rings. The first-order valence-electron chi connectivity index (χ1n) is 25.3. The summed E-state index contributed by atoms with van der Waals surface area (Å²) in [6, 6.07) is 66.8. The van der Waals surface area contributed by atoms with Crippen LogP contribution in [0, 0.1) is 0 Å². The van der Waals surface area contributed by atoms with E-state index in [1.54, 1.807) is 0 Å². The summed E-state index contributed by atoms with van der Waals surface area (Å²) in [7, 11) is 0. The van der Waals surface area contributed by atoms with Gasteiger partial charge in [-0.3, -0.25) is 0 Å². The van der Waals surface area contributed by atoms with E-state index >= 15 is 0 Å². The summed E-state index contributed by atoms with van der Waals surface area (Å²) in [6.45, 7) is 14.0. The lowest BCUT2D eigenvalue weighted by Gasteiger charge is -2.39. The first-order chi connectivity index (χ1) is 34.5. The van der Waals surface area contributed by atoms with Crippen LogP contribution in [0.25, 0.3) is 120 Å². The molecule has 1 atom stereocenters. The van der Waals surface area contributed by atoms with Crippen molar-refractivity contribution in [2.24, 2.45) is 0 Å². The average Bonchev–Trinajstić information content (AvgIpc) is 4.07. The molecule has 16 rings (SSSR count). The number of fused-ring (bicyclic) bond motifs is 22. The normalized spacial score (nSPS) is 14.7. The van der Waals surface area contributed by atoms with E-state index in [1.807, 2.05) is 0 Å². The van der Waals surface area contributed by atoms with Crippen LogP contribution in [0.15, 0.2) is 185 Å². The number of rotatable bonds is 1. The molecule has 0 saturated carbocycles. The minimum Gasteiger partial charge on any atom is -0.455 e. The molecule has 3 aromatic heterocycles. The van der Waals surface area contributed by atoms with Crippen LogP contribution in [-0.4, -0.2) is 11.3 Å². The van der Waals surface area contributed by atoms with Crippen molar-refractivity contribution < 1.29 is 8.83 Å². The molecule has 0 fully saturated rings. The fraction of sp³-hybridized carbons (Fsp3) is 0.134. The Morgan fingerprint density at radius 2 is 0.944 bits per heavy atom. The van der Waals surface area contributed by atoms with Crippen LogP contribution in [0.4, 0.5) is 0 Å². The van der Waals surface area contributed by atoms with E-state index in [1.165, 1.54) is 109 Å². The van der Waals surface area contributed by atoms with E-state index in [4.69, 9.17) is 8.83 Å². The van der Waals surface area contributed by atoms with Crippen molar-refractivity contribution in [2.75, 3.05) is 0 Å². The minimum absolute atomic E-state index is 0.0698. The van der Waals surface area contributed by atoms with Crippen LogP contribution in [0.1, 0.15) is 75.3 Å². The van der Waals surface area contributed by atoms with Crippen molar-refractivity contribution in [3.8, 4) is 11.1 Å². The molecule has 2 aliphatic rings. The molecule has 0 saturated heterocycles. The number of nitrogens with zero attached hydrogens (tertiary/aromatic N) is 1. The lowest BCUT2D eigenvalue weighted by molar-refractivity contribution is 0.566. The Balaban J connectivity index is 1.14. The van der Waals surface area contributed by atoms with Gasteiger partial charge >= 0.3 is 6.85 Å². The second-order valence-corrected chi connectivity index (χ2v) is 22.7. The standard InChI is InChI=1S/C67H48BNO2/c1-66(2,3)39-27-38(28-40(33-39)67(4,5)6)59-52-31-36-29-48-43-19-9-7-17-41(43)42-18-8-10-20-44(42)49(48)30-37(36)32-55(52)68-62-53(59)34-50-45-21-12-15-25-57(45)70-64(50)60(62)54-35-51-46-22-13-16-26-58(46)71-65(51)61-47-23-11-14-24-56(47)69(68)63(54)61/h7-35,59H,1-6H3. The largest absolute Gasteiger partial charge is 0.455 e. The Bertz CT molecular complexity index is 4700. The molecular formula is C67H48BNO2. The summed E-state index contributed by atoms with van der Waals surface area (Å²) in [5.41, 5.74) is 17.7. The van der Waals surface area contributed by atoms with Crippen molar-refractivity contribution in [3.05, 3.63) is 204 Å². The quantitative estimate of drug-likeness (QED) is 0.0933. The second kappa shape index (κ2) is 13.4. The third-order valence-corrected chi connectivity index (χ3v) is 16.7. The molecule has 0 radical (unpaired) electrons. The van der Waals surface area contributed by atoms with Gasteiger partial charge in [0.1, 0.15) is 22.3 Å². The van der Waals surface area contributed by atoms with Crippen LogP contribution in [0.5, 0.6) is 0 Å². The van der Waals surface area contributed by atoms with Gasteiger partial charge in [0.15, 0.2) is 0 Å². The molecule has 0 aliphatic carbocycles. The Morgan fingerprint density at radius 3 is 1.55 bits per heavy atom. The molecule has 11 aromatic carbocycles. The zero-order chi connectivity index (χ0) is 47.4. The van der Waals surface area contributed by atoms with Gasteiger partial charge in [0.2, 0.25) is 0 Å². The highest BCUT2D eigenvalue weighted by Gasteiger charge is 2.46. The molecule has 4 heteroatoms. The van der Waals surface area contributed by atoms with Crippen LogP contribution < -0.4 is 10.9 Å². The highest BCUT2D eigenvalue weighted by Crippen LogP contribution is 2.52. The first-order valence-corrected chi connectivity index (χ1v) is 25.3. The van der Waals surface area contributed by atoms with Gasteiger partial charge in [-0.1, -0.05) is 175 Å². The summed E-state index contributed by atoms with van der Waals surface area (Å²) in [4.78, 5) is 0. The van der Waals surface area contributed by atoms with E-state index in [2.05, 4.69) is 222 Å². The predicted octanol–water partition coefficient (Wildman–Crippen LogP) is 16.9. The van der Waals surface area contributed by atoms with Crippen molar-refractivity contribution in [1.82, 2.24) is 4.48 Å². The molecule has 0 bridgehead atoms. The lowest BCUT2D eigenvalue weighted by atomic mass is 9.41. The van der Waals surface area contributed by atoms with E-state index in [9.17, 15) is 0 Å². The van der Waals surface area contributed by atoms with Gasteiger partial charge in [-0.2, -0.15) is 0 Å². The predicted molar refractivity (Wildman–Crippen MR) is 301 cm³/mol. The fourth-order valence-electron chi connectivity index (χ4n) is 13.4. The highest BCUT2D eigenvalue weighted by molar-refractivity contribution is 6.89. The Hall–Kier alpha value is -8.08. The van der Waals surface area contributed by atoms with E-state index in [0.29, 0.717) is 0 Å². The summed E-state index contributed by atoms with van der Waals surface area (Å²) in [5.74, 6) is -0.0812. The maximum Gasteiger partial charge on any atom is 0.329 e. The monoisotopic (exact) mass is 909 g/mol. The molecule has 336 valence electrons. The van der Waals surface area contributed by atoms with Crippen LogP contribution >= 0.6 is 0 Å². The zero-order valence-corrected chi connectivity index (χ0v) is 40.7. The third kappa shape index (κ3) is 5.19. The number of hydrogen-bond donors (Lipinski definition) is 0. The molecule has 1 unspecified atom stereocenters. The summed E-state index contributed by atoms with van der Waals surface area (Å²) in [6.07, 6.45) is 0. The number of aromatic nitrogens is 1.